The lowest BCUT2D eigenvalue weighted by Gasteiger charge is -2.07. The van der Waals surface area contributed by atoms with Crippen LogP contribution in [0.1, 0.15) is 25.0 Å². The van der Waals surface area contributed by atoms with Crippen LogP contribution in [0.3, 0.4) is 0 Å². The summed E-state index contributed by atoms with van der Waals surface area (Å²) in [5.41, 5.74) is 1.01. The molecule has 0 unspecified atom stereocenters. The standard InChI is InChI=1S/C10H14OS/c1-3-10(11)8-4-6-9(12-2)7-5-8/h4-7,10-11H,3H2,1-2H3/t10-/m0/s1. The van der Waals surface area contributed by atoms with Crippen LogP contribution >= 0.6 is 11.8 Å². The normalized spacial score (nSPS) is 12.9. The second-order valence-corrected chi connectivity index (χ2v) is 3.58. The molecule has 1 nitrogen and oxygen atoms in total. The highest BCUT2D eigenvalue weighted by atomic mass is 32.2. The molecule has 66 valence electrons. The second kappa shape index (κ2) is 4.53. The maximum Gasteiger partial charge on any atom is 0.0787 e. The molecule has 12 heavy (non-hydrogen) atoms. The Balaban J connectivity index is 2.77. The minimum atomic E-state index is -0.305. The average molecular weight is 182 g/mol. The van der Waals surface area contributed by atoms with Gasteiger partial charge in [-0.2, -0.15) is 0 Å². The third kappa shape index (κ3) is 2.26. The molecule has 1 atom stereocenters. The van der Waals surface area contributed by atoms with E-state index in [0.717, 1.165) is 12.0 Å². The minimum Gasteiger partial charge on any atom is -0.388 e. The van der Waals surface area contributed by atoms with Crippen molar-refractivity contribution < 1.29 is 5.11 Å². The van der Waals surface area contributed by atoms with Gasteiger partial charge in [-0.05, 0) is 30.4 Å². The van der Waals surface area contributed by atoms with Gasteiger partial charge in [0, 0.05) is 4.90 Å². The highest BCUT2D eigenvalue weighted by Gasteiger charge is 2.02. The van der Waals surface area contributed by atoms with E-state index >= 15 is 0 Å². The van der Waals surface area contributed by atoms with Gasteiger partial charge in [0.05, 0.1) is 6.10 Å². The molecule has 0 saturated carbocycles. The first kappa shape index (κ1) is 9.62. The summed E-state index contributed by atoms with van der Waals surface area (Å²) < 4.78 is 0. The molecule has 0 aliphatic rings. The van der Waals surface area contributed by atoms with E-state index in [4.69, 9.17) is 0 Å². The molecule has 0 heterocycles. The van der Waals surface area contributed by atoms with E-state index in [0.29, 0.717) is 0 Å². The third-order valence-corrected chi connectivity index (χ3v) is 2.63. The van der Waals surface area contributed by atoms with Crippen molar-refractivity contribution in [2.45, 2.75) is 24.3 Å². The first-order valence-electron chi connectivity index (χ1n) is 4.10. The van der Waals surface area contributed by atoms with Gasteiger partial charge < -0.3 is 5.11 Å². The smallest absolute Gasteiger partial charge is 0.0787 e. The van der Waals surface area contributed by atoms with Crippen molar-refractivity contribution in [1.82, 2.24) is 0 Å². The van der Waals surface area contributed by atoms with Gasteiger partial charge >= 0.3 is 0 Å². The maximum absolute atomic E-state index is 9.49. The van der Waals surface area contributed by atoms with Crippen molar-refractivity contribution >= 4 is 11.8 Å². The van der Waals surface area contributed by atoms with Crippen molar-refractivity contribution in [3.63, 3.8) is 0 Å². The van der Waals surface area contributed by atoms with Crippen LogP contribution in [0, 0.1) is 0 Å². The van der Waals surface area contributed by atoms with E-state index in [1.807, 2.05) is 37.4 Å². The first-order valence-corrected chi connectivity index (χ1v) is 5.32. The number of rotatable bonds is 3. The Morgan fingerprint density at radius 3 is 2.33 bits per heavy atom. The zero-order valence-corrected chi connectivity index (χ0v) is 8.27. The Bertz CT molecular complexity index is 230. The van der Waals surface area contributed by atoms with Gasteiger partial charge in [-0.3, -0.25) is 0 Å². The lowest BCUT2D eigenvalue weighted by atomic mass is 10.1. The Kier molecular flexibility index (Phi) is 3.63. The van der Waals surface area contributed by atoms with Gasteiger partial charge in [0.15, 0.2) is 0 Å². The molecule has 1 rings (SSSR count). The molecule has 0 aliphatic carbocycles. The molecule has 1 N–H and O–H groups in total. The first-order chi connectivity index (χ1) is 5.77. The third-order valence-electron chi connectivity index (χ3n) is 1.89. The monoisotopic (exact) mass is 182 g/mol. The molecule has 0 radical (unpaired) electrons. The Morgan fingerprint density at radius 2 is 1.92 bits per heavy atom. The van der Waals surface area contributed by atoms with Crippen molar-refractivity contribution in [2.75, 3.05) is 6.26 Å². The maximum atomic E-state index is 9.49. The van der Waals surface area contributed by atoms with Crippen LogP contribution in [-0.4, -0.2) is 11.4 Å². The van der Waals surface area contributed by atoms with Gasteiger partial charge in [0.25, 0.3) is 0 Å². The lowest BCUT2D eigenvalue weighted by molar-refractivity contribution is 0.173. The zero-order chi connectivity index (χ0) is 8.97. The fraction of sp³-hybridized carbons (Fsp3) is 0.400. The Morgan fingerprint density at radius 1 is 1.33 bits per heavy atom. The Labute approximate surface area is 77.8 Å². The summed E-state index contributed by atoms with van der Waals surface area (Å²) in [6.07, 6.45) is 2.52. The summed E-state index contributed by atoms with van der Waals surface area (Å²) in [6, 6.07) is 8.05. The van der Waals surface area contributed by atoms with Crippen molar-refractivity contribution in [1.29, 1.82) is 0 Å². The molecule has 0 bridgehead atoms. The quantitative estimate of drug-likeness (QED) is 0.725. The van der Waals surface area contributed by atoms with Crippen LogP contribution in [-0.2, 0) is 0 Å². The van der Waals surface area contributed by atoms with Crippen LogP contribution in [0.4, 0.5) is 0 Å². The predicted molar refractivity (Wildman–Crippen MR) is 53.5 cm³/mol. The van der Waals surface area contributed by atoms with Crippen LogP contribution in [0.2, 0.25) is 0 Å². The van der Waals surface area contributed by atoms with Crippen molar-refractivity contribution in [2.24, 2.45) is 0 Å². The summed E-state index contributed by atoms with van der Waals surface area (Å²) in [5.74, 6) is 0. The summed E-state index contributed by atoms with van der Waals surface area (Å²) >= 11 is 1.72. The van der Waals surface area contributed by atoms with Crippen molar-refractivity contribution in [3.05, 3.63) is 29.8 Å². The Hall–Kier alpha value is -0.470. The van der Waals surface area contributed by atoms with Gasteiger partial charge in [-0.15, -0.1) is 11.8 Å². The average Bonchev–Trinajstić information content (AvgIpc) is 2.17. The van der Waals surface area contributed by atoms with E-state index in [2.05, 4.69) is 0 Å². The van der Waals surface area contributed by atoms with Crippen LogP contribution in [0.15, 0.2) is 29.2 Å². The number of benzene rings is 1. The summed E-state index contributed by atoms with van der Waals surface area (Å²) in [7, 11) is 0. The molecule has 1 aromatic rings. The number of aliphatic hydroxyl groups is 1. The number of thioether (sulfide) groups is 1. The number of hydrogen-bond acceptors (Lipinski definition) is 2. The number of hydrogen-bond donors (Lipinski definition) is 1. The summed E-state index contributed by atoms with van der Waals surface area (Å²) in [4.78, 5) is 1.24. The topological polar surface area (TPSA) is 20.2 Å². The largest absolute Gasteiger partial charge is 0.388 e. The van der Waals surface area contributed by atoms with Crippen molar-refractivity contribution in [3.8, 4) is 0 Å². The van der Waals surface area contributed by atoms with E-state index < -0.39 is 0 Å². The van der Waals surface area contributed by atoms with Gasteiger partial charge in [-0.25, -0.2) is 0 Å². The highest BCUT2D eigenvalue weighted by Crippen LogP contribution is 2.20. The molecule has 0 aromatic heterocycles. The molecular weight excluding hydrogens is 168 g/mol. The molecular formula is C10H14OS. The van der Waals surface area contributed by atoms with E-state index in [1.165, 1.54) is 4.90 Å². The molecule has 0 aliphatic heterocycles. The van der Waals surface area contributed by atoms with Gasteiger partial charge in [-0.1, -0.05) is 19.1 Å². The van der Waals surface area contributed by atoms with Gasteiger partial charge in [0.2, 0.25) is 0 Å². The van der Waals surface area contributed by atoms with Crippen LogP contribution < -0.4 is 0 Å². The van der Waals surface area contributed by atoms with Crippen LogP contribution in [0.5, 0.6) is 0 Å². The lowest BCUT2D eigenvalue weighted by Crippen LogP contribution is -1.93. The SMILES string of the molecule is CC[C@H](O)c1ccc(SC)cc1. The van der Waals surface area contributed by atoms with E-state index in [-0.39, 0.29) is 6.10 Å². The molecule has 0 amide bonds. The summed E-state index contributed by atoms with van der Waals surface area (Å²) in [5, 5.41) is 9.49. The fourth-order valence-corrected chi connectivity index (χ4v) is 1.47. The molecule has 0 saturated heterocycles. The zero-order valence-electron chi connectivity index (χ0n) is 7.45. The van der Waals surface area contributed by atoms with E-state index in [9.17, 15) is 5.11 Å². The highest BCUT2D eigenvalue weighted by molar-refractivity contribution is 7.98. The molecule has 2 heteroatoms. The fourth-order valence-electron chi connectivity index (χ4n) is 1.06. The summed E-state index contributed by atoms with van der Waals surface area (Å²) in [6.45, 7) is 1.98. The van der Waals surface area contributed by atoms with Crippen LogP contribution in [0.25, 0.3) is 0 Å². The van der Waals surface area contributed by atoms with E-state index in [1.54, 1.807) is 11.8 Å². The predicted octanol–water partition coefficient (Wildman–Crippen LogP) is 2.85. The molecule has 0 fully saturated rings. The second-order valence-electron chi connectivity index (χ2n) is 2.70. The molecule has 1 aromatic carbocycles. The minimum absolute atomic E-state index is 0.305. The number of aliphatic hydroxyl groups excluding tert-OH is 1. The molecule has 0 spiro atoms. The van der Waals surface area contributed by atoms with Gasteiger partial charge in [0.1, 0.15) is 0 Å².